The molecule has 2 aromatic carbocycles. The summed E-state index contributed by atoms with van der Waals surface area (Å²) in [5.74, 6) is 1.10. The maximum Gasteiger partial charge on any atom is 0.271 e. The number of benzene rings is 2. The molecule has 0 radical (unpaired) electrons. The molecule has 0 bridgehead atoms. The number of hydrogen-bond acceptors (Lipinski definition) is 7. The largest absolute Gasteiger partial charge is 0.489 e. The summed E-state index contributed by atoms with van der Waals surface area (Å²) in [5.41, 5.74) is 1.57. The molecule has 2 fully saturated rings. The Morgan fingerprint density at radius 3 is 2.50 bits per heavy atom. The van der Waals surface area contributed by atoms with Gasteiger partial charge in [-0.3, -0.25) is 4.79 Å². The van der Waals surface area contributed by atoms with Crippen LogP contribution in [0.4, 0.5) is 5.82 Å². The zero-order chi connectivity index (χ0) is 23.4. The highest BCUT2D eigenvalue weighted by Crippen LogP contribution is 2.33. The number of para-hydroxylation sites is 1. The van der Waals surface area contributed by atoms with Crippen LogP contribution in [0.15, 0.2) is 59.4 Å². The molecule has 0 aliphatic carbocycles. The first-order chi connectivity index (χ1) is 16.7. The monoisotopic (exact) mass is 458 g/mol. The van der Waals surface area contributed by atoms with E-state index in [0.29, 0.717) is 63.8 Å². The topological polar surface area (TPSA) is 100 Å². The first kappa shape index (κ1) is 22.1. The molecular formula is C26H26N4O4. The summed E-state index contributed by atoms with van der Waals surface area (Å²) in [4.78, 5) is 22.2. The third kappa shape index (κ3) is 4.67. The van der Waals surface area contributed by atoms with Crippen molar-refractivity contribution in [1.29, 1.82) is 5.26 Å². The summed E-state index contributed by atoms with van der Waals surface area (Å²) in [5, 5.41) is 9.63. The van der Waals surface area contributed by atoms with Crippen molar-refractivity contribution in [3.8, 4) is 11.8 Å². The second-order valence-corrected chi connectivity index (χ2v) is 8.48. The van der Waals surface area contributed by atoms with Gasteiger partial charge < -0.3 is 24.1 Å². The molecule has 0 amide bonds. The van der Waals surface area contributed by atoms with E-state index in [1.54, 1.807) is 0 Å². The lowest BCUT2D eigenvalue weighted by Gasteiger charge is -2.38. The number of anilines is 1. The van der Waals surface area contributed by atoms with Crippen LogP contribution < -0.4 is 15.2 Å². The second kappa shape index (κ2) is 9.67. The molecule has 2 aliphatic heterocycles. The highest BCUT2D eigenvalue weighted by atomic mass is 16.7. The minimum absolute atomic E-state index is 0.0292. The standard InChI is InChI=1S/C26H26N4O4/c27-17-21-24(30-12-10-26(11-13-30)33-14-15-34-26)28-23(29-25(21)31)16-20-8-4-5-9-22(20)32-18-19-6-2-1-3-7-19/h1-9H,10-16,18H2,(H,28,29,31). The molecule has 8 heteroatoms. The van der Waals surface area contributed by atoms with Gasteiger partial charge in [0.2, 0.25) is 0 Å². The molecule has 2 aliphatic rings. The predicted molar refractivity (Wildman–Crippen MR) is 126 cm³/mol. The van der Waals surface area contributed by atoms with E-state index in [2.05, 4.69) is 4.98 Å². The SMILES string of the molecule is N#Cc1c(N2CCC3(CC2)OCCO3)nc(Cc2ccccc2OCc2ccccc2)[nH]c1=O. The lowest BCUT2D eigenvalue weighted by Crippen LogP contribution is -2.46. The van der Waals surface area contributed by atoms with Crippen molar-refractivity contribution < 1.29 is 14.2 Å². The first-order valence-corrected chi connectivity index (χ1v) is 11.5. The number of aromatic nitrogens is 2. The maximum absolute atomic E-state index is 12.7. The number of hydrogen-bond donors (Lipinski definition) is 1. The Bertz CT molecular complexity index is 1240. The summed E-state index contributed by atoms with van der Waals surface area (Å²) in [6.45, 7) is 2.84. The van der Waals surface area contributed by atoms with Crippen LogP contribution >= 0.6 is 0 Å². The van der Waals surface area contributed by atoms with E-state index < -0.39 is 11.3 Å². The van der Waals surface area contributed by atoms with Crippen LogP contribution in [0.25, 0.3) is 0 Å². The first-order valence-electron chi connectivity index (χ1n) is 11.5. The lowest BCUT2D eigenvalue weighted by molar-refractivity contribution is -0.169. The molecular weight excluding hydrogens is 432 g/mol. The van der Waals surface area contributed by atoms with Gasteiger partial charge in [-0.2, -0.15) is 5.26 Å². The minimum Gasteiger partial charge on any atom is -0.489 e. The second-order valence-electron chi connectivity index (χ2n) is 8.48. The average Bonchev–Trinajstić information content (AvgIpc) is 3.32. The van der Waals surface area contributed by atoms with Crippen LogP contribution in [0, 0.1) is 11.3 Å². The van der Waals surface area contributed by atoms with E-state index in [9.17, 15) is 10.1 Å². The van der Waals surface area contributed by atoms with Crippen LogP contribution in [-0.2, 0) is 22.5 Å². The molecule has 8 nitrogen and oxygen atoms in total. The van der Waals surface area contributed by atoms with Gasteiger partial charge in [-0.15, -0.1) is 0 Å². The third-order valence-electron chi connectivity index (χ3n) is 6.27. The number of piperidine rings is 1. The van der Waals surface area contributed by atoms with Crippen LogP contribution in [-0.4, -0.2) is 42.1 Å². The summed E-state index contributed by atoms with van der Waals surface area (Å²) in [6, 6.07) is 19.7. The van der Waals surface area contributed by atoms with Gasteiger partial charge in [0, 0.05) is 37.9 Å². The number of rotatable bonds is 6. The molecule has 34 heavy (non-hydrogen) atoms. The quantitative estimate of drug-likeness (QED) is 0.606. The molecule has 1 N–H and O–H groups in total. The number of ether oxygens (including phenoxy) is 3. The molecule has 1 spiro atoms. The number of H-pyrrole nitrogens is 1. The lowest BCUT2D eigenvalue weighted by atomic mass is 10.0. The summed E-state index contributed by atoms with van der Waals surface area (Å²) in [7, 11) is 0. The fourth-order valence-corrected chi connectivity index (χ4v) is 4.47. The van der Waals surface area contributed by atoms with Gasteiger partial charge in [-0.25, -0.2) is 4.98 Å². The zero-order valence-electron chi connectivity index (χ0n) is 18.8. The van der Waals surface area contributed by atoms with Crippen molar-refractivity contribution in [2.24, 2.45) is 0 Å². The molecule has 0 atom stereocenters. The maximum atomic E-state index is 12.7. The Labute approximate surface area is 197 Å². The van der Waals surface area contributed by atoms with E-state index in [-0.39, 0.29) is 5.56 Å². The van der Waals surface area contributed by atoms with E-state index in [1.807, 2.05) is 65.6 Å². The number of nitriles is 1. The fourth-order valence-electron chi connectivity index (χ4n) is 4.47. The minimum atomic E-state index is -0.539. The average molecular weight is 459 g/mol. The van der Waals surface area contributed by atoms with Crippen LogP contribution in [0.3, 0.4) is 0 Å². The van der Waals surface area contributed by atoms with Gasteiger partial charge >= 0.3 is 0 Å². The highest BCUT2D eigenvalue weighted by Gasteiger charge is 2.40. The fraction of sp³-hybridized carbons (Fsp3) is 0.346. The zero-order valence-corrected chi connectivity index (χ0v) is 18.8. The van der Waals surface area contributed by atoms with Crippen molar-refractivity contribution in [1.82, 2.24) is 9.97 Å². The molecule has 1 aromatic heterocycles. The molecule has 3 aromatic rings. The van der Waals surface area contributed by atoms with E-state index >= 15 is 0 Å². The Kier molecular flexibility index (Phi) is 6.30. The summed E-state index contributed by atoms with van der Waals surface area (Å²) < 4.78 is 17.7. The van der Waals surface area contributed by atoms with Crippen LogP contribution in [0.1, 0.15) is 35.4 Å². The third-order valence-corrected chi connectivity index (χ3v) is 6.27. The Morgan fingerprint density at radius 1 is 1.06 bits per heavy atom. The van der Waals surface area contributed by atoms with Crippen LogP contribution in [0.5, 0.6) is 5.75 Å². The Hall–Kier alpha value is -3.67. The van der Waals surface area contributed by atoms with Gasteiger partial charge in [0.1, 0.15) is 24.3 Å². The van der Waals surface area contributed by atoms with Crippen molar-refractivity contribution in [3.05, 3.63) is 87.5 Å². The molecule has 0 unspecified atom stereocenters. The highest BCUT2D eigenvalue weighted by molar-refractivity contribution is 5.53. The summed E-state index contributed by atoms with van der Waals surface area (Å²) >= 11 is 0. The van der Waals surface area contributed by atoms with Gasteiger partial charge in [-0.1, -0.05) is 48.5 Å². The summed E-state index contributed by atoms with van der Waals surface area (Å²) in [6.07, 6.45) is 1.71. The number of nitrogens with zero attached hydrogens (tertiary/aromatic N) is 3. The molecule has 174 valence electrons. The van der Waals surface area contributed by atoms with Gasteiger partial charge in [0.25, 0.3) is 5.56 Å². The van der Waals surface area contributed by atoms with E-state index in [0.717, 1.165) is 16.9 Å². The van der Waals surface area contributed by atoms with Gasteiger partial charge in [0.05, 0.1) is 13.2 Å². The number of aromatic amines is 1. The van der Waals surface area contributed by atoms with Crippen molar-refractivity contribution in [2.45, 2.75) is 31.7 Å². The van der Waals surface area contributed by atoms with Gasteiger partial charge in [0.15, 0.2) is 17.2 Å². The Balaban J connectivity index is 1.37. The predicted octanol–water partition coefficient (Wildman–Crippen LogP) is 3.15. The molecule has 3 heterocycles. The molecule has 2 saturated heterocycles. The van der Waals surface area contributed by atoms with Crippen molar-refractivity contribution >= 4 is 5.82 Å². The van der Waals surface area contributed by atoms with Crippen molar-refractivity contribution in [2.75, 3.05) is 31.2 Å². The van der Waals surface area contributed by atoms with Crippen LogP contribution in [0.2, 0.25) is 0 Å². The van der Waals surface area contributed by atoms with Crippen molar-refractivity contribution in [3.63, 3.8) is 0 Å². The number of nitrogens with one attached hydrogen (secondary N) is 1. The smallest absolute Gasteiger partial charge is 0.271 e. The van der Waals surface area contributed by atoms with Gasteiger partial charge in [-0.05, 0) is 11.6 Å². The normalized spacial score (nSPS) is 17.0. The molecule has 0 saturated carbocycles. The van der Waals surface area contributed by atoms with E-state index in [4.69, 9.17) is 19.2 Å². The van der Waals surface area contributed by atoms with E-state index in [1.165, 1.54) is 0 Å². The molecule has 5 rings (SSSR count). The Morgan fingerprint density at radius 2 is 1.76 bits per heavy atom.